The molecular formula is C15H26O4. The van der Waals surface area contributed by atoms with Crippen LogP contribution >= 0.6 is 0 Å². The second-order valence-electron chi connectivity index (χ2n) is 5.51. The van der Waals surface area contributed by atoms with E-state index in [9.17, 15) is 9.59 Å². The van der Waals surface area contributed by atoms with Gasteiger partial charge in [0.05, 0.1) is 11.8 Å². The maximum Gasteiger partial charge on any atom is 0.309 e. The van der Waals surface area contributed by atoms with E-state index in [2.05, 4.69) is 6.92 Å². The van der Waals surface area contributed by atoms with Crippen LogP contribution in [0.3, 0.4) is 0 Å². The van der Waals surface area contributed by atoms with Gasteiger partial charge in [-0.2, -0.15) is 0 Å². The van der Waals surface area contributed by atoms with Crippen molar-refractivity contribution in [3.05, 3.63) is 0 Å². The van der Waals surface area contributed by atoms with Crippen LogP contribution < -0.4 is 0 Å². The smallest absolute Gasteiger partial charge is 0.309 e. The van der Waals surface area contributed by atoms with Crippen molar-refractivity contribution in [1.82, 2.24) is 0 Å². The highest BCUT2D eigenvalue weighted by Gasteiger charge is 2.28. The van der Waals surface area contributed by atoms with Gasteiger partial charge in [0.25, 0.3) is 0 Å². The third-order valence-electron chi connectivity index (χ3n) is 4.00. The fraction of sp³-hybridized carbons (Fsp3) is 0.867. The maximum atomic E-state index is 11.9. The number of ether oxygens (including phenoxy) is 2. The van der Waals surface area contributed by atoms with E-state index in [4.69, 9.17) is 9.47 Å². The molecule has 1 rings (SSSR count). The first-order chi connectivity index (χ1) is 9.06. The summed E-state index contributed by atoms with van der Waals surface area (Å²) < 4.78 is 10.2. The van der Waals surface area contributed by atoms with Gasteiger partial charge in [-0.25, -0.2) is 0 Å². The normalized spacial score (nSPS) is 24.6. The number of esters is 2. The molecule has 4 nitrogen and oxygen atoms in total. The molecule has 0 aromatic heterocycles. The van der Waals surface area contributed by atoms with Gasteiger partial charge in [0, 0.05) is 0 Å². The molecule has 0 amide bonds. The van der Waals surface area contributed by atoms with Crippen LogP contribution in [0.25, 0.3) is 0 Å². The molecule has 0 bridgehead atoms. The van der Waals surface area contributed by atoms with Gasteiger partial charge in [-0.15, -0.1) is 0 Å². The van der Waals surface area contributed by atoms with Gasteiger partial charge < -0.3 is 9.47 Å². The molecule has 1 fully saturated rings. The molecular weight excluding hydrogens is 244 g/mol. The lowest BCUT2D eigenvalue weighted by molar-refractivity contribution is -0.158. The van der Waals surface area contributed by atoms with Gasteiger partial charge in [-0.05, 0) is 25.2 Å². The highest BCUT2D eigenvalue weighted by molar-refractivity contribution is 5.73. The number of carbonyl (C=O) groups is 2. The summed E-state index contributed by atoms with van der Waals surface area (Å²) >= 11 is 0. The fourth-order valence-electron chi connectivity index (χ4n) is 2.37. The second-order valence-corrected chi connectivity index (χ2v) is 5.51. The van der Waals surface area contributed by atoms with Crippen LogP contribution in [0.15, 0.2) is 0 Å². The van der Waals surface area contributed by atoms with Gasteiger partial charge in [-0.1, -0.05) is 33.6 Å². The molecule has 110 valence electrons. The summed E-state index contributed by atoms with van der Waals surface area (Å²) in [5.41, 5.74) is 0. The van der Waals surface area contributed by atoms with Crippen molar-refractivity contribution in [2.75, 3.05) is 13.2 Å². The second kappa shape index (κ2) is 8.18. The minimum atomic E-state index is -0.218. The molecule has 0 aromatic carbocycles. The quantitative estimate of drug-likeness (QED) is 0.550. The van der Waals surface area contributed by atoms with Gasteiger partial charge in [0.15, 0.2) is 0 Å². The maximum absolute atomic E-state index is 11.9. The first-order valence-electron chi connectivity index (χ1n) is 7.39. The van der Waals surface area contributed by atoms with E-state index in [0.717, 1.165) is 25.7 Å². The molecule has 0 spiro atoms. The first kappa shape index (κ1) is 16.0. The minimum Gasteiger partial charge on any atom is -0.462 e. The van der Waals surface area contributed by atoms with Crippen LogP contribution in [-0.4, -0.2) is 25.2 Å². The van der Waals surface area contributed by atoms with Crippen LogP contribution in [-0.2, 0) is 19.1 Å². The molecule has 1 saturated carbocycles. The lowest BCUT2D eigenvalue weighted by Gasteiger charge is -2.26. The van der Waals surface area contributed by atoms with Crippen molar-refractivity contribution >= 4 is 11.9 Å². The topological polar surface area (TPSA) is 52.6 Å². The van der Waals surface area contributed by atoms with Crippen LogP contribution in [0, 0.1) is 17.8 Å². The minimum absolute atomic E-state index is 0.0269. The Morgan fingerprint density at radius 1 is 1.16 bits per heavy atom. The van der Waals surface area contributed by atoms with E-state index >= 15 is 0 Å². The third-order valence-corrected chi connectivity index (χ3v) is 4.00. The largest absolute Gasteiger partial charge is 0.462 e. The molecule has 3 atom stereocenters. The Hall–Kier alpha value is -1.06. The first-order valence-corrected chi connectivity index (χ1v) is 7.39. The SMILES string of the molecule is CCC(C)C(=O)OCCOC(=O)C1CCCCC1C. The molecule has 0 radical (unpaired) electrons. The number of hydrogen-bond donors (Lipinski definition) is 0. The summed E-state index contributed by atoms with van der Waals surface area (Å²) in [6.45, 7) is 6.21. The van der Waals surface area contributed by atoms with Gasteiger partial charge in [-0.3, -0.25) is 9.59 Å². The lowest BCUT2D eigenvalue weighted by atomic mass is 9.80. The molecule has 4 heteroatoms. The van der Waals surface area contributed by atoms with E-state index in [-0.39, 0.29) is 37.0 Å². The molecule has 1 aliphatic carbocycles. The standard InChI is InChI=1S/C15H26O4/c1-4-11(2)14(16)18-9-10-19-15(17)13-8-6-5-7-12(13)3/h11-13H,4-10H2,1-3H3. The Morgan fingerprint density at radius 2 is 1.79 bits per heavy atom. The molecule has 0 aliphatic heterocycles. The van der Waals surface area contributed by atoms with Crippen molar-refractivity contribution in [2.45, 2.75) is 52.9 Å². The number of carbonyl (C=O) groups excluding carboxylic acids is 2. The molecule has 0 saturated heterocycles. The lowest BCUT2D eigenvalue weighted by Crippen LogP contribution is -2.28. The molecule has 19 heavy (non-hydrogen) atoms. The van der Waals surface area contributed by atoms with Gasteiger partial charge >= 0.3 is 11.9 Å². The van der Waals surface area contributed by atoms with E-state index in [0.29, 0.717) is 5.92 Å². The Labute approximate surface area is 115 Å². The van der Waals surface area contributed by atoms with E-state index < -0.39 is 0 Å². The molecule has 1 aliphatic rings. The fourth-order valence-corrected chi connectivity index (χ4v) is 2.37. The summed E-state index contributed by atoms with van der Waals surface area (Å²) in [5.74, 6) is -0.00614. The van der Waals surface area contributed by atoms with Crippen molar-refractivity contribution < 1.29 is 19.1 Å². The zero-order valence-corrected chi connectivity index (χ0v) is 12.3. The zero-order valence-electron chi connectivity index (χ0n) is 12.3. The van der Waals surface area contributed by atoms with Crippen molar-refractivity contribution in [3.63, 3.8) is 0 Å². The Kier molecular flexibility index (Phi) is 6.89. The van der Waals surface area contributed by atoms with Crippen molar-refractivity contribution in [2.24, 2.45) is 17.8 Å². The third kappa shape index (κ3) is 5.21. The summed E-state index contributed by atoms with van der Waals surface area (Å²) in [6.07, 6.45) is 5.10. The predicted molar refractivity (Wildman–Crippen MR) is 72.5 cm³/mol. The summed E-state index contributed by atoms with van der Waals surface area (Å²) in [7, 11) is 0. The number of hydrogen-bond acceptors (Lipinski definition) is 4. The highest BCUT2D eigenvalue weighted by Crippen LogP contribution is 2.30. The van der Waals surface area contributed by atoms with Crippen LogP contribution in [0.1, 0.15) is 52.9 Å². The average Bonchev–Trinajstić information content (AvgIpc) is 2.42. The summed E-state index contributed by atoms with van der Waals surface area (Å²) in [6, 6.07) is 0. The Bertz CT molecular complexity index is 301. The van der Waals surface area contributed by atoms with Crippen LogP contribution in [0.4, 0.5) is 0 Å². The molecule has 3 unspecified atom stereocenters. The van der Waals surface area contributed by atoms with E-state index in [1.807, 2.05) is 13.8 Å². The summed E-state index contributed by atoms with van der Waals surface area (Å²) in [4.78, 5) is 23.3. The monoisotopic (exact) mass is 270 g/mol. The van der Waals surface area contributed by atoms with E-state index in [1.54, 1.807) is 0 Å². The van der Waals surface area contributed by atoms with Crippen LogP contribution in [0.5, 0.6) is 0 Å². The highest BCUT2D eigenvalue weighted by atomic mass is 16.6. The van der Waals surface area contributed by atoms with Gasteiger partial charge in [0.1, 0.15) is 13.2 Å². The van der Waals surface area contributed by atoms with Gasteiger partial charge in [0.2, 0.25) is 0 Å². The zero-order chi connectivity index (χ0) is 14.3. The van der Waals surface area contributed by atoms with Crippen LogP contribution in [0.2, 0.25) is 0 Å². The Balaban J connectivity index is 2.18. The number of rotatable bonds is 6. The summed E-state index contributed by atoms with van der Waals surface area (Å²) in [5, 5.41) is 0. The average molecular weight is 270 g/mol. The van der Waals surface area contributed by atoms with E-state index in [1.165, 1.54) is 6.42 Å². The molecule has 0 aromatic rings. The molecule has 0 heterocycles. The molecule has 0 N–H and O–H groups in total. The van der Waals surface area contributed by atoms with Crippen molar-refractivity contribution in [3.8, 4) is 0 Å². The Morgan fingerprint density at radius 3 is 2.42 bits per heavy atom. The predicted octanol–water partition coefficient (Wildman–Crippen LogP) is 2.95. The van der Waals surface area contributed by atoms with Crippen molar-refractivity contribution in [1.29, 1.82) is 0 Å².